The average Bonchev–Trinajstić information content (AvgIpc) is 3.54. The molecule has 0 aliphatic carbocycles. The van der Waals surface area contributed by atoms with Gasteiger partial charge in [0.05, 0.1) is 16.6 Å². The first-order valence-electron chi connectivity index (χ1n) is 14.8. The summed E-state index contributed by atoms with van der Waals surface area (Å²) in [6.07, 6.45) is 7.24. The fraction of sp³-hybridized carbons (Fsp3) is 0.594. The SMILES string of the molecule is C=CCN(C(=O)[C@@H]1[C@H]2C(=O)N(CCCCO)C(C(=O)N(CC=C)C(C)CCC)C23S[C@@H]1CC3C)c1ccccc1. The van der Waals surface area contributed by atoms with E-state index in [1.165, 1.54) is 0 Å². The summed E-state index contributed by atoms with van der Waals surface area (Å²) in [5.41, 5.74) is 0.783. The summed E-state index contributed by atoms with van der Waals surface area (Å²) in [6, 6.07) is 8.91. The summed E-state index contributed by atoms with van der Waals surface area (Å²) in [5, 5.41) is 9.44. The predicted molar refractivity (Wildman–Crippen MR) is 162 cm³/mol. The van der Waals surface area contributed by atoms with Gasteiger partial charge in [0.2, 0.25) is 17.7 Å². The lowest BCUT2D eigenvalue weighted by Gasteiger charge is -2.42. The smallest absolute Gasteiger partial charge is 0.247 e. The highest BCUT2D eigenvalue weighted by atomic mass is 32.2. The number of likely N-dealkylation sites (tertiary alicyclic amines) is 1. The maximum Gasteiger partial charge on any atom is 0.247 e. The van der Waals surface area contributed by atoms with Gasteiger partial charge in [0.1, 0.15) is 6.04 Å². The van der Waals surface area contributed by atoms with E-state index < -0.39 is 22.6 Å². The molecule has 40 heavy (non-hydrogen) atoms. The van der Waals surface area contributed by atoms with Crippen LogP contribution in [0.3, 0.4) is 0 Å². The largest absolute Gasteiger partial charge is 0.396 e. The highest BCUT2D eigenvalue weighted by Crippen LogP contribution is 2.69. The number of nitrogens with zero attached hydrogens (tertiary/aromatic N) is 3. The van der Waals surface area contributed by atoms with Crippen molar-refractivity contribution >= 4 is 35.2 Å². The molecule has 0 aromatic heterocycles. The van der Waals surface area contributed by atoms with E-state index in [1.54, 1.807) is 33.7 Å². The molecule has 3 aliphatic heterocycles. The van der Waals surface area contributed by atoms with Crippen molar-refractivity contribution in [2.24, 2.45) is 17.8 Å². The van der Waals surface area contributed by atoms with Crippen LogP contribution < -0.4 is 4.90 Å². The van der Waals surface area contributed by atoms with Gasteiger partial charge in [-0.25, -0.2) is 0 Å². The van der Waals surface area contributed by atoms with Gasteiger partial charge >= 0.3 is 0 Å². The Balaban J connectivity index is 1.77. The molecule has 4 unspecified atom stereocenters. The molecule has 3 aliphatic rings. The summed E-state index contributed by atoms with van der Waals surface area (Å²) in [6.45, 7) is 15.3. The van der Waals surface area contributed by atoms with E-state index in [0.29, 0.717) is 32.5 Å². The van der Waals surface area contributed by atoms with Crippen molar-refractivity contribution in [2.45, 2.75) is 75.0 Å². The van der Waals surface area contributed by atoms with Crippen LogP contribution in [0.15, 0.2) is 55.6 Å². The van der Waals surface area contributed by atoms with Crippen LogP contribution in [-0.4, -0.2) is 80.9 Å². The molecule has 3 amide bonds. The first-order valence-corrected chi connectivity index (χ1v) is 15.6. The van der Waals surface area contributed by atoms with Gasteiger partial charge in [-0.3, -0.25) is 14.4 Å². The quantitative estimate of drug-likeness (QED) is 0.264. The molecule has 0 saturated carbocycles. The zero-order chi connectivity index (χ0) is 29.0. The molecule has 1 spiro atoms. The number of unbranched alkanes of at least 4 members (excludes halogenated alkanes) is 1. The third kappa shape index (κ3) is 5.13. The monoisotopic (exact) mass is 567 g/mol. The van der Waals surface area contributed by atoms with Crippen LogP contribution in [0.5, 0.6) is 0 Å². The van der Waals surface area contributed by atoms with Crippen molar-refractivity contribution < 1.29 is 19.5 Å². The molecule has 1 N–H and O–H groups in total. The molecule has 1 aromatic carbocycles. The summed E-state index contributed by atoms with van der Waals surface area (Å²) in [4.78, 5) is 48.7. The van der Waals surface area contributed by atoms with Crippen molar-refractivity contribution in [3.05, 3.63) is 55.6 Å². The van der Waals surface area contributed by atoms with Crippen LogP contribution in [0, 0.1) is 17.8 Å². The highest BCUT2D eigenvalue weighted by molar-refractivity contribution is 8.02. The van der Waals surface area contributed by atoms with Crippen LogP contribution in [0.1, 0.15) is 52.9 Å². The van der Waals surface area contributed by atoms with E-state index in [1.807, 2.05) is 35.2 Å². The fourth-order valence-electron chi connectivity index (χ4n) is 7.31. The van der Waals surface area contributed by atoms with E-state index in [2.05, 4.69) is 33.9 Å². The summed E-state index contributed by atoms with van der Waals surface area (Å²) < 4.78 is -0.666. The molecule has 7 nitrogen and oxygen atoms in total. The minimum absolute atomic E-state index is 0.0119. The van der Waals surface area contributed by atoms with Gasteiger partial charge in [-0.2, -0.15) is 0 Å². The third-order valence-corrected chi connectivity index (χ3v) is 11.1. The summed E-state index contributed by atoms with van der Waals surface area (Å²) in [7, 11) is 0. The number of amides is 3. The summed E-state index contributed by atoms with van der Waals surface area (Å²) in [5.74, 6) is -1.17. The zero-order valence-electron chi connectivity index (χ0n) is 24.2. The normalized spacial score (nSPS) is 29.2. The molecule has 218 valence electrons. The minimum Gasteiger partial charge on any atom is -0.396 e. The van der Waals surface area contributed by atoms with E-state index in [-0.39, 0.29) is 41.5 Å². The Hall–Kier alpha value is -2.58. The zero-order valence-corrected chi connectivity index (χ0v) is 25.0. The van der Waals surface area contributed by atoms with Crippen LogP contribution in [0.25, 0.3) is 0 Å². The van der Waals surface area contributed by atoms with Crippen molar-refractivity contribution in [2.75, 3.05) is 31.1 Å². The van der Waals surface area contributed by atoms with Gasteiger partial charge < -0.3 is 19.8 Å². The average molecular weight is 568 g/mol. The van der Waals surface area contributed by atoms with Crippen molar-refractivity contribution in [3.8, 4) is 0 Å². The van der Waals surface area contributed by atoms with E-state index in [9.17, 15) is 19.5 Å². The molecule has 4 rings (SSSR count). The van der Waals surface area contributed by atoms with Gasteiger partial charge in [0, 0.05) is 43.2 Å². The van der Waals surface area contributed by atoms with Crippen LogP contribution in [-0.2, 0) is 14.4 Å². The van der Waals surface area contributed by atoms with Gasteiger partial charge in [0.15, 0.2) is 0 Å². The van der Waals surface area contributed by atoms with Crippen molar-refractivity contribution in [1.82, 2.24) is 9.80 Å². The standard InChI is InChI=1S/C32H45N3O4S/c1-6-14-23(5)33(17-7-2)31(39)28-32-22(4)21-25(40-32)26(27(32)30(38)35(28)19-12-13-20-36)29(37)34(18-8-3)24-15-10-9-11-16-24/h7-11,15-16,22-23,25-28,36H,2-3,6,12-14,17-21H2,1,4-5H3/t22?,23?,25-,26+,27+,28?,32?/m1/s1. The molecule has 2 bridgehead atoms. The number of rotatable bonds is 14. The van der Waals surface area contributed by atoms with E-state index >= 15 is 0 Å². The van der Waals surface area contributed by atoms with Crippen LogP contribution in [0.4, 0.5) is 5.69 Å². The van der Waals surface area contributed by atoms with Crippen LogP contribution in [0.2, 0.25) is 0 Å². The highest BCUT2D eigenvalue weighted by Gasteiger charge is 2.76. The Bertz CT molecular complexity index is 1100. The Kier molecular flexibility index (Phi) is 9.83. The number of thioether (sulfide) groups is 1. The molecule has 8 heteroatoms. The van der Waals surface area contributed by atoms with Gasteiger partial charge in [-0.05, 0) is 50.7 Å². The van der Waals surface area contributed by atoms with Crippen LogP contribution >= 0.6 is 11.8 Å². The molecule has 1 aromatic rings. The fourth-order valence-corrected chi connectivity index (χ4v) is 9.72. The lowest BCUT2D eigenvalue weighted by atomic mass is 9.65. The number of hydrogen-bond acceptors (Lipinski definition) is 5. The maximum atomic E-state index is 14.6. The third-order valence-electron chi connectivity index (χ3n) is 9.06. The number of hydrogen-bond donors (Lipinski definition) is 1. The Morgan fingerprint density at radius 3 is 2.50 bits per heavy atom. The minimum atomic E-state index is -0.666. The second-order valence-electron chi connectivity index (χ2n) is 11.5. The molecule has 3 heterocycles. The van der Waals surface area contributed by atoms with Crippen molar-refractivity contribution in [3.63, 3.8) is 0 Å². The number of carbonyl (C=O) groups excluding carboxylic acids is 3. The Morgan fingerprint density at radius 2 is 1.88 bits per heavy atom. The molecule has 7 atom stereocenters. The second kappa shape index (κ2) is 12.9. The number of fused-ring (bicyclic) bond motifs is 1. The molecule has 0 radical (unpaired) electrons. The number of carbonyl (C=O) groups is 3. The Labute approximate surface area is 243 Å². The van der Waals surface area contributed by atoms with Crippen molar-refractivity contribution in [1.29, 1.82) is 0 Å². The van der Waals surface area contributed by atoms with Gasteiger partial charge in [0.25, 0.3) is 0 Å². The number of anilines is 1. The number of benzene rings is 1. The van der Waals surface area contributed by atoms with Gasteiger partial charge in [-0.15, -0.1) is 24.9 Å². The molecular weight excluding hydrogens is 522 g/mol. The first-order chi connectivity index (χ1) is 19.3. The maximum absolute atomic E-state index is 14.6. The predicted octanol–water partition coefficient (Wildman–Crippen LogP) is 4.52. The molecule has 3 saturated heterocycles. The summed E-state index contributed by atoms with van der Waals surface area (Å²) >= 11 is 1.71. The van der Waals surface area contributed by atoms with E-state index in [4.69, 9.17) is 0 Å². The number of aliphatic hydroxyl groups excluding tert-OH is 1. The Morgan fingerprint density at radius 1 is 1.18 bits per heavy atom. The second-order valence-corrected chi connectivity index (χ2v) is 13.1. The first kappa shape index (κ1) is 30.4. The molecular formula is C32H45N3O4S. The topological polar surface area (TPSA) is 81.2 Å². The van der Waals surface area contributed by atoms with E-state index in [0.717, 1.165) is 24.9 Å². The number of para-hydroxylation sites is 1. The van der Waals surface area contributed by atoms with Gasteiger partial charge in [-0.1, -0.05) is 50.6 Å². The lowest BCUT2D eigenvalue weighted by Crippen LogP contribution is -2.58. The molecule has 3 fully saturated rings. The lowest BCUT2D eigenvalue weighted by molar-refractivity contribution is -0.144. The number of aliphatic hydroxyl groups is 1.